The minimum atomic E-state index is -0.414. The van der Waals surface area contributed by atoms with Crippen LogP contribution in [0, 0.1) is 12.7 Å². The van der Waals surface area contributed by atoms with Crippen molar-refractivity contribution < 1.29 is 9.13 Å². The van der Waals surface area contributed by atoms with Crippen LogP contribution in [0.4, 0.5) is 10.3 Å². The molecule has 0 unspecified atom stereocenters. The number of hydrogen-bond donors (Lipinski definition) is 1. The highest BCUT2D eigenvalue weighted by molar-refractivity contribution is 5.83. The van der Waals surface area contributed by atoms with E-state index < -0.39 is 5.82 Å². The Morgan fingerprint density at radius 2 is 2.10 bits per heavy atom. The number of nitrogens with two attached hydrogens (primary N) is 1. The number of nitrogens with zero attached hydrogens (tertiary/aromatic N) is 2. The standard InChI is InChI=1S/C16H16FN3O/c1-3-21-14-8-7-11(9-12(14)17)20-13-6-4-5-10(2)15(13)19-16(20)18/h4-9H,3H2,1-2H3,(H2,18,19). The van der Waals surface area contributed by atoms with E-state index in [1.54, 1.807) is 16.7 Å². The Morgan fingerprint density at radius 1 is 1.29 bits per heavy atom. The molecule has 0 aliphatic heterocycles. The normalized spacial score (nSPS) is 11.0. The van der Waals surface area contributed by atoms with Crippen LogP contribution in [0.3, 0.4) is 0 Å². The number of benzene rings is 2. The molecule has 2 aromatic carbocycles. The minimum absolute atomic E-state index is 0.237. The summed E-state index contributed by atoms with van der Waals surface area (Å²) in [5, 5.41) is 0. The summed E-state index contributed by atoms with van der Waals surface area (Å²) >= 11 is 0. The fourth-order valence-corrected chi connectivity index (χ4v) is 2.43. The van der Waals surface area contributed by atoms with Crippen LogP contribution < -0.4 is 10.5 Å². The van der Waals surface area contributed by atoms with Gasteiger partial charge in [0.05, 0.1) is 23.3 Å². The molecule has 0 bridgehead atoms. The Morgan fingerprint density at radius 3 is 2.81 bits per heavy atom. The van der Waals surface area contributed by atoms with Gasteiger partial charge in [-0.25, -0.2) is 9.37 Å². The van der Waals surface area contributed by atoms with E-state index in [4.69, 9.17) is 10.5 Å². The SMILES string of the molecule is CCOc1ccc(-n2c(N)nc3c(C)cccc32)cc1F. The van der Waals surface area contributed by atoms with Gasteiger partial charge in [0, 0.05) is 6.07 Å². The van der Waals surface area contributed by atoms with E-state index in [0.717, 1.165) is 16.6 Å². The lowest BCUT2D eigenvalue weighted by Crippen LogP contribution is -2.02. The summed E-state index contributed by atoms with van der Waals surface area (Å²) in [7, 11) is 0. The lowest BCUT2D eigenvalue weighted by molar-refractivity contribution is 0.321. The first-order valence-electron chi connectivity index (χ1n) is 6.78. The zero-order valence-electron chi connectivity index (χ0n) is 11.9. The van der Waals surface area contributed by atoms with E-state index in [9.17, 15) is 4.39 Å². The molecule has 0 spiro atoms. The quantitative estimate of drug-likeness (QED) is 0.802. The number of rotatable bonds is 3. The van der Waals surface area contributed by atoms with Crippen molar-refractivity contribution in [3.63, 3.8) is 0 Å². The zero-order valence-corrected chi connectivity index (χ0v) is 11.9. The second kappa shape index (κ2) is 5.09. The van der Waals surface area contributed by atoms with Crippen LogP contribution >= 0.6 is 0 Å². The van der Waals surface area contributed by atoms with E-state index in [0.29, 0.717) is 18.2 Å². The number of halogens is 1. The third kappa shape index (κ3) is 2.20. The molecule has 0 saturated carbocycles. The predicted molar refractivity (Wildman–Crippen MR) is 81.3 cm³/mol. The van der Waals surface area contributed by atoms with Gasteiger partial charge in [0.25, 0.3) is 0 Å². The van der Waals surface area contributed by atoms with Gasteiger partial charge in [-0.1, -0.05) is 12.1 Å². The molecule has 3 rings (SSSR count). The van der Waals surface area contributed by atoms with Crippen LogP contribution in [0.2, 0.25) is 0 Å². The molecule has 5 heteroatoms. The summed E-state index contributed by atoms with van der Waals surface area (Å²) in [5.41, 5.74) is 9.34. The van der Waals surface area contributed by atoms with Crippen LogP contribution in [-0.4, -0.2) is 16.2 Å². The number of aryl methyl sites for hydroxylation is 1. The molecule has 2 N–H and O–H groups in total. The van der Waals surface area contributed by atoms with Crippen LogP contribution in [0.5, 0.6) is 5.75 Å². The van der Waals surface area contributed by atoms with Gasteiger partial charge in [0.15, 0.2) is 11.6 Å². The summed E-state index contributed by atoms with van der Waals surface area (Å²) in [6, 6.07) is 10.6. The Kier molecular flexibility index (Phi) is 3.25. The van der Waals surface area contributed by atoms with Gasteiger partial charge in [-0.05, 0) is 37.6 Å². The molecule has 1 heterocycles. The molecule has 0 saturated heterocycles. The lowest BCUT2D eigenvalue weighted by Gasteiger charge is -2.09. The molecule has 1 aromatic heterocycles. The monoisotopic (exact) mass is 285 g/mol. The summed E-state index contributed by atoms with van der Waals surface area (Å²) < 4.78 is 21.0. The highest BCUT2D eigenvalue weighted by atomic mass is 19.1. The molecule has 108 valence electrons. The third-order valence-electron chi connectivity index (χ3n) is 3.39. The first kappa shape index (κ1) is 13.4. The van der Waals surface area contributed by atoms with Crippen LogP contribution in [0.25, 0.3) is 16.7 Å². The smallest absolute Gasteiger partial charge is 0.205 e. The van der Waals surface area contributed by atoms with Crippen molar-refractivity contribution >= 4 is 17.0 Å². The largest absolute Gasteiger partial charge is 0.491 e. The van der Waals surface area contributed by atoms with Crippen molar-refractivity contribution in [3.05, 3.63) is 47.8 Å². The third-order valence-corrected chi connectivity index (χ3v) is 3.39. The topological polar surface area (TPSA) is 53.1 Å². The van der Waals surface area contributed by atoms with Crippen molar-refractivity contribution in [1.29, 1.82) is 0 Å². The molecule has 0 fully saturated rings. The number of aromatic nitrogens is 2. The van der Waals surface area contributed by atoms with Gasteiger partial charge < -0.3 is 10.5 Å². The Balaban J connectivity index is 2.19. The highest BCUT2D eigenvalue weighted by Crippen LogP contribution is 2.27. The Bertz CT molecular complexity index is 811. The molecule has 0 atom stereocenters. The second-order valence-electron chi connectivity index (χ2n) is 4.80. The van der Waals surface area contributed by atoms with Crippen LogP contribution in [-0.2, 0) is 0 Å². The van der Waals surface area contributed by atoms with Gasteiger partial charge in [-0.3, -0.25) is 4.57 Å². The lowest BCUT2D eigenvalue weighted by atomic mass is 10.2. The molecular formula is C16H16FN3O. The van der Waals surface area contributed by atoms with Gasteiger partial charge in [-0.15, -0.1) is 0 Å². The van der Waals surface area contributed by atoms with Crippen molar-refractivity contribution in [1.82, 2.24) is 9.55 Å². The number of fused-ring (bicyclic) bond motifs is 1. The van der Waals surface area contributed by atoms with Crippen LogP contribution in [0.15, 0.2) is 36.4 Å². The van der Waals surface area contributed by atoms with E-state index in [1.807, 2.05) is 32.0 Å². The maximum absolute atomic E-state index is 14.0. The number of hydrogen-bond acceptors (Lipinski definition) is 3. The summed E-state index contributed by atoms with van der Waals surface area (Å²) in [6.45, 7) is 4.21. The molecule has 4 nitrogen and oxygen atoms in total. The number of para-hydroxylation sites is 1. The number of nitrogen functional groups attached to an aromatic ring is 1. The molecule has 0 aliphatic carbocycles. The Hall–Kier alpha value is -2.56. The van der Waals surface area contributed by atoms with Gasteiger partial charge >= 0.3 is 0 Å². The van der Waals surface area contributed by atoms with Gasteiger partial charge in [-0.2, -0.15) is 0 Å². The maximum atomic E-state index is 14.0. The minimum Gasteiger partial charge on any atom is -0.491 e. The predicted octanol–water partition coefficient (Wildman–Crippen LogP) is 3.45. The van der Waals surface area contributed by atoms with Gasteiger partial charge in [0.2, 0.25) is 5.95 Å². The van der Waals surface area contributed by atoms with Crippen LogP contribution in [0.1, 0.15) is 12.5 Å². The number of anilines is 1. The molecular weight excluding hydrogens is 269 g/mol. The average Bonchev–Trinajstić information content (AvgIpc) is 2.79. The van der Waals surface area contributed by atoms with E-state index in [2.05, 4.69) is 4.98 Å². The van der Waals surface area contributed by atoms with Crippen molar-refractivity contribution in [2.75, 3.05) is 12.3 Å². The zero-order chi connectivity index (χ0) is 15.0. The first-order chi connectivity index (χ1) is 10.1. The summed E-state index contributed by atoms with van der Waals surface area (Å²) in [6.07, 6.45) is 0. The van der Waals surface area contributed by atoms with E-state index >= 15 is 0 Å². The van der Waals surface area contributed by atoms with E-state index in [1.165, 1.54) is 6.07 Å². The first-order valence-corrected chi connectivity index (χ1v) is 6.78. The highest BCUT2D eigenvalue weighted by Gasteiger charge is 2.13. The number of ether oxygens (including phenoxy) is 1. The van der Waals surface area contributed by atoms with Crippen molar-refractivity contribution in [2.24, 2.45) is 0 Å². The number of imidazole rings is 1. The Labute approximate surface area is 122 Å². The fraction of sp³-hybridized carbons (Fsp3) is 0.188. The second-order valence-corrected chi connectivity index (χ2v) is 4.80. The average molecular weight is 285 g/mol. The molecule has 0 amide bonds. The van der Waals surface area contributed by atoms with Crippen molar-refractivity contribution in [2.45, 2.75) is 13.8 Å². The molecule has 21 heavy (non-hydrogen) atoms. The molecule has 3 aromatic rings. The summed E-state index contributed by atoms with van der Waals surface area (Å²) in [5.74, 6) is 0.159. The van der Waals surface area contributed by atoms with E-state index in [-0.39, 0.29) is 5.75 Å². The molecule has 0 aliphatic rings. The van der Waals surface area contributed by atoms with Crippen molar-refractivity contribution in [3.8, 4) is 11.4 Å². The fourth-order valence-electron chi connectivity index (χ4n) is 2.43. The maximum Gasteiger partial charge on any atom is 0.205 e. The summed E-state index contributed by atoms with van der Waals surface area (Å²) in [4.78, 5) is 4.36. The van der Waals surface area contributed by atoms with Gasteiger partial charge in [0.1, 0.15) is 0 Å². The molecule has 0 radical (unpaired) electrons.